The van der Waals surface area contributed by atoms with Crippen LogP contribution in [0.25, 0.3) is 0 Å². The molecule has 16 heavy (non-hydrogen) atoms. The van der Waals surface area contributed by atoms with Crippen molar-refractivity contribution in [1.29, 1.82) is 0 Å². The minimum absolute atomic E-state index is 0.0882. The van der Waals surface area contributed by atoms with Crippen LogP contribution in [-0.2, 0) is 0 Å². The van der Waals surface area contributed by atoms with Crippen molar-refractivity contribution in [3.63, 3.8) is 0 Å². The maximum atomic E-state index is 9.01. The second-order valence-corrected chi connectivity index (χ2v) is 4.08. The van der Waals surface area contributed by atoms with E-state index in [1.807, 2.05) is 18.7 Å². The summed E-state index contributed by atoms with van der Waals surface area (Å²) in [4.78, 5) is 10.6. The Balaban J connectivity index is 3.03. The molecule has 0 spiro atoms. The number of hydrogen-bond acceptors (Lipinski definition) is 4. The molecule has 0 aliphatic carbocycles. The van der Waals surface area contributed by atoms with Crippen molar-refractivity contribution in [2.24, 2.45) is 0 Å². The zero-order valence-corrected chi connectivity index (χ0v) is 10.8. The molecule has 1 rings (SSSR count). The van der Waals surface area contributed by atoms with Crippen LogP contribution in [0.5, 0.6) is 0 Å². The molecule has 1 aromatic rings. The molecule has 0 bridgehead atoms. The molecule has 0 aromatic carbocycles. The van der Waals surface area contributed by atoms with E-state index in [-0.39, 0.29) is 6.61 Å². The first-order chi connectivity index (χ1) is 7.60. The van der Waals surface area contributed by atoms with Crippen LogP contribution in [0.3, 0.4) is 0 Å². The summed E-state index contributed by atoms with van der Waals surface area (Å²) in [7, 11) is 0. The minimum atomic E-state index is 0.0882. The van der Waals surface area contributed by atoms with Crippen LogP contribution in [0.1, 0.15) is 24.7 Å². The first-order valence-electron chi connectivity index (χ1n) is 5.46. The lowest BCUT2D eigenvalue weighted by Crippen LogP contribution is -2.29. The second-order valence-electron chi connectivity index (χ2n) is 3.72. The Kier molecular flexibility index (Phi) is 4.96. The Bertz CT molecular complexity index is 351. The number of aryl methyl sites for hydroxylation is 2. The Hall–Kier alpha value is -0.870. The molecule has 0 aliphatic rings. The molecule has 1 heterocycles. The summed E-state index contributed by atoms with van der Waals surface area (Å²) in [5.74, 6) is 0.667. The van der Waals surface area contributed by atoms with Gasteiger partial charge in [-0.2, -0.15) is 0 Å². The number of halogens is 1. The molecule has 0 fully saturated rings. The van der Waals surface area contributed by atoms with Gasteiger partial charge in [-0.05, 0) is 20.3 Å². The fourth-order valence-corrected chi connectivity index (χ4v) is 1.77. The molecule has 4 nitrogen and oxygen atoms in total. The Morgan fingerprint density at radius 2 is 1.81 bits per heavy atom. The lowest BCUT2D eigenvalue weighted by molar-refractivity contribution is 0.301. The molecule has 0 saturated heterocycles. The molecule has 5 heteroatoms. The summed E-state index contributed by atoms with van der Waals surface area (Å²) in [5, 5.41) is 9.41. The molecule has 0 amide bonds. The van der Waals surface area contributed by atoms with Gasteiger partial charge in [-0.1, -0.05) is 18.5 Å². The van der Waals surface area contributed by atoms with E-state index in [4.69, 9.17) is 16.7 Å². The van der Waals surface area contributed by atoms with Gasteiger partial charge in [-0.3, -0.25) is 0 Å². The third-order valence-corrected chi connectivity index (χ3v) is 2.66. The zero-order chi connectivity index (χ0) is 12.1. The highest BCUT2D eigenvalue weighted by molar-refractivity contribution is 6.31. The third kappa shape index (κ3) is 3.06. The fourth-order valence-electron chi connectivity index (χ4n) is 1.48. The van der Waals surface area contributed by atoms with Crippen LogP contribution in [0.2, 0.25) is 5.15 Å². The van der Waals surface area contributed by atoms with Gasteiger partial charge in [0, 0.05) is 13.1 Å². The highest BCUT2D eigenvalue weighted by Gasteiger charge is 2.13. The van der Waals surface area contributed by atoms with Gasteiger partial charge in [0.05, 0.1) is 18.0 Å². The molecule has 90 valence electrons. The van der Waals surface area contributed by atoms with Gasteiger partial charge in [0.25, 0.3) is 0 Å². The molecule has 0 saturated carbocycles. The summed E-state index contributed by atoms with van der Waals surface area (Å²) < 4.78 is 0. The summed E-state index contributed by atoms with van der Waals surface area (Å²) >= 11 is 6.07. The summed E-state index contributed by atoms with van der Waals surface area (Å²) in [6, 6.07) is 0. The smallest absolute Gasteiger partial charge is 0.171 e. The summed E-state index contributed by atoms with van der Waals surface area (Å²) in [6.45, 7) is 7.30. The number of nitrogens with zero attached hydrogens (tertiary/aromatic N) is 3. The van der Waals surface area contributed by atoms with Crippen molar-refractivity contribution in [2.75, 3.05) is 24.6 Å². The van der Waals surface area contributed by atoms with E-state index in [0.717, 1.165) is 24.4 Å². The van der Waals surface area contributed by atoms with Crippen molar-refractivity contribution in [2.45, 2.75) is 27.2 Å². The van der Waals surface area contributed by atoms with E-state index >= 15 is 0 Å². The third-order valence-electron chi connectivity index (χ3n) is 2.41. The number of aliphatic hydroxyl groups excluding tert-OH is 1. The maximum Gasteiger partial charge on any atom is 0.171 e. The van der Waals surface area contributed by atoms with Crippen LogP contribution in [0.4, 0.5) is 5.82 Å². The fraction of sp³-hybridized carbons (Fsp3) is 0.636. The van der Waals surface area contributed by atoms with Gasteiger partial charge in [-0.25, -0.2) is 9.97 Å². The average Bonchev–Trinajstić information content (AvgIpc) is 2.23. The van der Waals surface area contributed by atoms with Crippen LogP contribution in [0.15, 0.2) is 0 Å². The van der Waals surface area contributed by atoms with E-state index in [1.54, 1.807) is 0 Å². The largest absolute Gasteiger partial charge is 0.395 e. The van der Waals surface area contributed by atoms with E-state index in [2.05, 4.69) is 16.9 Å². The molecule has 0 unspecified atom stereocenters. The number of aliphatic hydroxyl groups is 1. The monoisotopic (exact) mass is 243 g/mol. The standard InChI is InChI=1S/C11H18ClN3O/c1-4-5-15(6-7-16)11-10(12)13-8(2)9(3)14-11/h16H,4-7H2,1-3H3. The maximum absolute atomic E-state index is 9.01. The Labute approximate surface area is 101 Å². The first kappa shape index (κ1) is 13.2. The van der Waals surface area contributed by atoms with Crippen LogP contribution in [-0.4, -0.2) is 34.8 Å². The van der Waals surface area contributed by atoms with Gasteiger partial charge in [0.15, 0.2) is 11.0 Å². The molecular formula is C11H18ClN3O. The van der Waals surface area contributed by atoms with Crippen LogP contribution in [0, 0.1) is 13.8 Å². The second kappa shape index (κ2) is 6.01. The topological polar surface area (TPSA) is 49.2 Å². The molecule has 0 atom stereocenters. The van der Waals surface area contributed by atoms with Crippen molar-refractivity contribution >= 4 is 17.4 Å². The quantitative estimate of drug-likeness (QED) is 0.859. The van der Waals surface area contributed by atoms with Crippen LogP contribution >= 0.6 is 11.6 Å². The summed E-state index contributed by atoms with van der Waals surface area (Å²) in [6.07, 6.45) is 0.977. The lowest BCUT2D eigenvalue weighted by atomic mass is 10.3. The van der Waals surface area contributed by atoms with Gasteiger partial charge in [0.2, 0.25) is 0 Å². The van der Waals surface area contributed by atoms with E-state index in [9.17, 15) is 0 Å². The predicted octanol–water partition coefficient (Wildman–Crippen LogP) is 1.96. The van der Waals surface area contributed by atoms with E-state index in [1.165, 1.54) is 0 Å². The number of anilines is 1. The average molecular weight is 244 g/mol. The highest BCUT2D eigenvalue weighted by atomic mass is 35.5. The van der Waals surface area contributed by atoms with Crippen molar-refractivity contribution in [1.82, 2.24) is 9.97 Å². The molecule has 0 aliphatic heterocycles. The molecular weight excluding hydrogens is 226 g/mol. The zero-order valence-electron chi connectivity index (χ0n) is 10.00. The number of aromatic nitrogens is 2. The summed E-state index contributed by atoms with van der Waals surface area (Å²) in [5.41, 5.74) is 1.72. The minimum Gasteiger partial charge on any atom is -0.395 e. The Morgan fingerprint density at radius 3 is 2.38 bits per heavy atom. The first-order valence-corrected chi connectivity index (χ1v) is 5.84. The molecule has 1 aromatic heterocycles. The SMILES string of the molecule is CCCN(CCO)c1nc(C)c(C)nc1Cl. The van der Waals surface area contributed by atoms with Gasteiger partial charge < -0.3 is 10.0 Å². The molecule has 0 radical (unpaired) electrons. The number of rotatable bonds is 5. The lowest BCUT2D eigenvalue weighted by Gasteiger charge is -2.23. The van der Waals surface area contributed by atoms with Gasteiger partial charge >= 0.3 is 0 Å². The Morgan fingerprint density at radius 1 is 1.19 bits per heavy atom. The normalized spacial score (nSPS) is 10.6. The van der Waals surface area contributed by atoms with Crippen LogP contribution < -0.4 is 4.90 Å². The van der Waals surface area contributed by atoms with Gasteiger partial charge in [0.1, 0.15) is 0 Å². The van der Waals surface area contributed by atoms with E-state index in [0.29, 0.717) is 17.5 Å². The van der Waals surface area contributed by atoms with E-state index < -0.39 is 0 Å². The van der Waals surface area contributed by atoms with Crippen molar-refractivity contribution < 1.29 is 5.11 Å². The van der Waals surface area contributed by atoms with Gasteiger partial charge in [-0.15, -0.1) is 0 Å². The van der Waals surface area contributed by atoms with Crippen molar-refractivity contribution in [3.05, 3.63) is 16.5 Å². The molecule has 1 N–H and O–H groups in total. The highest BCUT2D eigenvalue weighted by Crippen LogP contribution is 2.22. The van der Waals surface area contributed by atoms with Crippen molar-refractivity contribution in [3.8, 4) is 0 Å². The predicted molar refractivity (Wildman–Crippen MR) is 66.1 cm³/mol. The number of hydrogen-bond donors (Lipinski definition) is 1.